The zero-order valence-corrected chi connectivity index (χ0v) is 22.9. The molecule has 1 fully saturated rings. The molecule has 18 heteroatoms. The molecule has 3 aromatic rings. The van der Waals surface area contributed by atoms with Crippen molar-refractivity contribution in [3.63, 3.8) is 0 Å². The van der Waals surface area contributed by atoms with Crippen molar-refractivity contribution >= 4 is 17.7 Å². The van der Waals surface area contributed by atoms with Gasteiger partial charge in [0.05, 0.1) is 17.9 Å². The number of pyridine rings is 1. The van der Waals surface area contributed by atoms with Gasteiger partial charge >= 0.3 is 18.4 Å². The predicted molar refractivity (Wildman–Crippen MR) is 136 cm³/mol. The van der Waals surface area contributed by atoms with Crippen molar-refractivity contribution in [2.24, 2.45) is 0 Å². The Hall–Kier alpha value is -4.35. The van der Waals surface area contributed by atoms with Crippen molar-refractivity contribution in [2.45, 2.75) is 68.6 Å². The van der Waals surface area contributed by atoms with Crippen molar-refractivity contribution in [1.82, 2.24) is 20.1 Å². The minimum Gasteiger partial charge on any atom is -0.465 e. The molecule has 1 unspecified atom stereocenters. The van der Waals surface area contributed by atoms with Gasteiger partial charge in [0.2, 0.25) is 5.60 Å². The highest BCUT2D eigenvalue weighted by molar-refractivity contribution is 5.97. The molecular formula is C27H23F8N5O5. The van der Waals surface area contributed by atoms with E-state index in [1.165, 1.54) is 12.1 Å². The van der Waals surface area contributed by atoms with Crippen LogP contribution >= 0.6 is 0 Å². The Labute approximate surface area is 248 Å². The number of amides is 2. The van der Waals surface area contributed by atoms with Crippen molar-refractivity contribution in [3.8, 4) is 11.6 Å². The van der Waals surface area contributed by atoms with E-state index in [2.05, 4.69) is 15.2 Å². The summed E-state index contributed by atoms with van der Waals surface area (Å²) in [6.07, 6.45) is -15.7. The number of carboxylic acid groups (broad SMARTS) is 1. The number of nitrogens with zero attached hydrogens (tertiary/aromatic N) is 4. The first-order valence-electron chi connectivity index (χ1n) is 13.4. The molecule has 1 saturated carbocycles. The number of rotatable bonds is 5. The minimum absolute atomic E-state index is 0.198. The zero-order chi connectivity index (χ0) is 32.8. The Morgan fingerprint density at radius 1 is 1.07 bits per heavy atom. The third-order valence-electron chi connectivity index (χ3n) is 7.48. The van der Waals surface area contributed by atoms with Gasteiger partial charge in [0, 0.05) is 25.4 Å². The molecule has 10 nitrogen and oxygen atoms in total. The van der Waals surface area contributed by atoms with Crippen molar-refractivity contribution in [3.05, 3.63) is 59.1 Å². The van der Waals surface area contributed by atoms with Crippen LogP contribution in [-0.2, 0) is 23.1 Å². The highest BCUT2D eigenvalue weighted by Crippen LogP contribution is 2.48. The molecule has 2 amide bonds. The summed E-state index contributed by atoms with van der Waals surface area (Å²) in [5, 5.41) is 17.9. The van der Waals surface area contributed by atoms with Crippen molar-refractivity contribution in [2.75, 3.05) is 11.9 Å². The second kappa shape index (κ2) is 11.5. The van der Waals surface area contributed by atoms with Crippen LogP contribution in [0.1, 0.15) is 59.6 Å². The number of carbonyl (C=O) groups is 2. The normalized spacial score (nSPS) is 20.9. The molecule has 1 aliphatic heterocycles. The SMILES string of the molecule is O=C(O)Nc1cc(C(F)(F)F)c2nc1-c1nnc(o1)C(OCc1ccccc1)(C(F)(F)F)CCCCN(C1CC(F)(F)C1)C2=O. The minimum atomic E-state index is -5.30. The second-order valence-electron chi connectivity index (χ2n) is 10.6. The fraction of sp³-hybridized carbons (Fsp3) is 0.444. The van der Waals surface area contributed by atoms with E-state index in [1.807, 2.05) is 0 Å². The molecule has 1 aromatic carbocycles. The van der Waals surface area contributed by atoms with E-state index in [9.17, 15) is 49.8 Å². The lowest BCUT2D eigenvalue weighted by Gasteiger charge is -2.42. The number of fused-ring (bicyclic) bond motifs is 5. The van der Waals surface area contributed by atoms with Crippen LogP contribution in [-0.4, -0.2) is 61.9 Å². The summed E-state index contributed by atoms with van der Waals surface area (Å²) in [7, 11) is 0. The van der Waals surface area contributed by atoms with Crippen molar-refractivity contribution < 1.29 is 59.0 Å². The number of benzene rings is 1. The Morgan fingerprint density at radius 3 is 2.36 bits per heavy atom. The van der Waals surface area contributed by atoms with Crippen LogP contribution in [0.3, 0.4) is 0 Å². The molecule has 5 rings (SSSR count). The number of hydrogen-bond acceptors (Lipinski definition) is 7. The number of anilines is 1. The highest BCUT2D eigenvalue weighted by Gasteiger charge is 2.61. The topological polar surface area (TPSA) is 131 Å². The Morgan fingerprint density at radius 2 is 1.76 bits per heavy atom. The van der Waals surface area contributed by atoms with Gasteiger partial charge in [-0.1, -0.05) is 30.3 Å². The largest absolute Gasteiger partial charge is 0.465 e. The molecular weight excluding hydrogens is 626 g/mol. The molecule has 4 bridgehead atoms. The number of alkyl halides is 8. The Balaban J connectivity index is 1.69. The van der Waals surface area contributed by atoms with E-state index in [4.69, 9.17) is 9.15 Å². The second-order valence-corrected chi connectivity index (χ2v) is 10.6. The van der Waals surface area contributed by atoms with E-state index in [-0.39, 0.29) is 18.9 Å². The van der Waals surface area contributed by atoms with Gasteiger partial charge in [-0.25, -0.2) is 18.6 Å². The summed E-state index contributed by atoms with van der Waals surface area (Å²) in [5.74, 6) is -6.75. The molecule has 0 radical (unpaired) electrons. The number of halogens is 8. The maximum absolute atomic E-state index is 14.9. The fourth-order valence-electron chi connectivity index (χ4n) is 5.21. The smallest absolute Gasteiger partial charge is 0.426 e. The molecule has 0 spiro atoms. The molecule has 45 heavy (non-hydrogen) atoms. The van der Waals surface area contributed by atoms with Gasteiger partial charge in [-0.3, -0.25) is 10.1 Å². The number of hydrogen-bond donors (Lipinski definition) is 2. The molecule has 2 aromatic heterocycles. The molecule has 1 atom stereocenters. The van der Waals surface area contributed by atoms with E-state index in [0.717, 1.165) is 4.90 Å². The predicted octanol–water partition coefficient (Wildman–Crippen LogP) is 6.64. The molecule has 1 aliphatic carbocycles. The lowest BCUT2D eigenvalue weighted by Crippen LogP contribution is -2.53. The summed E-state index contributed by atoms with van der Waals surface area (Å²) in [6.45, 7) is -1.09. The third-order valence-corrected chi connectivity index (χ3v) is 7.48. The van der Waals surface area contributed by atoms with Gasteiger partial charge in [0.1, 0.15) is 5.69 Å². The lowest BCUT2D eigenvalue weighted by molar-refractivity contribution is -0.300. The Bertz CT molecular complexity index is 1570. The summed E-state index contributed by atoms with van der Waals surface area (Å²) in [4.78, 5) is 29.4. The molecule has 0 saturated heterocycles. The first-order chi connectivity index (χ1) is 21.0. The number of nitrogens with one attached hydrogen (secondary N) is 1. The number of aromatic nitrogens is 3. The van der Waals surface area contributed by atoms with E-state index in [0.29, 0.717) is 5.56 Å². The maximum Gasteiger partial charge on any atom is 0.426 e. The van der Waals surface area contributed by atoms with Crippen LogP contribution in [0.25, 0.3) is 11.6 Å². The Kier molecular flexibility index (Phi) is 8.22. The molecule has 2 aliphatic rings. The van der Waals surface area contributed by atoms with E-state index in [1.54, 1.807) is 23.5 Å². The number of ether oxygens (including phenoxy) is 1. The molecule has 3 heterocycles. The number of carbonyl (C=O) groups excluding carboxylic acids is 1. The van der Waals surface area contributed by atoms with Gasteiger partial charge in [-0.15, -0.1) is 10.2 Å². The van der Waals surface area contributed by atoms with Gasteiger partial charge in [-0.05, 0) is 30.9 Å². The van der Waals surface area contributed by atoms with Crippen LogP contribution in [0, 0.1) is 0 Å². The highest BCUT2D eigenvalue weighted by atomic mass is 19.4. The van der Waals surface area contributed by atoms with Crippen LogP contribution in [0.15, 0.2) is 40.8 Å². The van der Waals surface area contributed by atoms with Gasteiger partial charge in [0.15, 0.2) is 5.69 Å². The van der Waals surface area contributed by atoms with E-state index >= 15 is 0 Å². The van der Waals surface area contributed by atoms with Crippen LogP contribution in [0.2, 0.25) is 0 Å². The fourth-order valence-corrected chi connectivity index (χ4v) is 5.21. The first-order valence-corrected chi connectivity index (χ1v) is 13.4. The maximum atomic E-state index is 14.9. The summed E-state index contributed by atoms with van der Waals surface area (Å²) < 4.78 is 126. The van der Waals surface area contributed by atoms with Gasteiger partial charge in [0.25, 0.3) is 23.6 Å². The summed E-state index contributed by atoms with van der Waals surface area (Å²) >= 11 is 0. The molecule has 242 valence electrons. The molecule has 2 N–H and O–H groups in total. The quantitative estimate of drug-likeness (QED) is 0.295. The standard InChI is InChI=1S/C27H23F8N5O5/c28-24(29)11-15(12-24)40-9-5-4-8-25(27(33,34)35,44-13-14-6-2-1-3-7-14)22-39-38-20(45-22)19-17(36-23(42)43)10-16(26(30,31)32)18(37-19)21(40)41/h1-3,6-7,10,15,36H,4-5,8-9,11-13H2,(H,42,43). The third kappa shape index (κ3) is 6.41. The lowest BCUT2D eigenvalue weighted by atomic mass is 9.86. The first kappa shape index (κ1) is 32.1. The van der Waals surface area contributed by atoms with E-state index < -0.39 is 109 Å². The summed E-state index contributed by atoms with van der Waals surface area (Å²) in [6, 6.07) is 6.71. The van der Waals surface area contributed by atoms with Crippen LogP contribution < -0.4 is 5.32 Å². The zero-order valence-electron chi connectivity index (χ0n) is 22.9. The monoisotopic (exact) mass is 649 g/mol. The van der Waals surface area contributed by atoms with Gasteiger partial charge in [-0.2, -0.15) is 26.3 Å². The average Bonchev–Trinajstić information content (AvgIpc) is 3.42. The van der Waals surface area contributed by atoms with Gasteiger partial charge < -0.3 is 19.2 Å². The van der Waals surface area contributed by atoms with Crippen LogP contribution in [0.4, 0.5) is 45.6 Å². The average molecular weight is 649 g/mol. The van der Waals surface area contributed by atoms with Crippen molar-refractivity contribution in [1.29, 1.82) is 0 Å². The summed E-state index contributed by atoms with van der Waals surface area (Å²) in [5.41, 5.74) is -7.80. The van der Waals surface area contributed by atoms with Crippen LogP contribution in [0.5, 0.6) is 0 Å².